The largest absolute Gasteiger partial charge is 0.365 e. The van der Waals surface area contributed by atoms with Gasteiger partial charge in [-0.2, -0.15) is 0 Å². The van der Waals surface area contributed by atoms with Crippen molar-refractivity contribution < 1.29 is 12.8 Å². The first-order chi connectivity index (χ1) is 16.4. The summed E-state index contributed by atoms with van der Waals surface area (Å²) in [6.07, 6.45) is 0.407. The maximum atomic E-state index is 15.1. The van der Waals surface area contributed by atoms with Crippen LogP contribution in [0, 0.1) is 5.82 Å². The molecule has 1 atom stereocenters. The number of nitrogens with two attached hydrogens (primary N) is 1. The zero-order valence-corrected chi connectivity index (χ0v) is 19.2. The van der Waals surface area contributed by atoms with E-state index in [0.717, 1.165) is 28.2 Å². The van der Waals surface area contributed by atoms with E-state index in [1.807, 2.05) is 72.8 Å². The fourth-order valence-electron chi connectivity index (χ4n) is 4.67. The van der Waals surface area contributed by atoms with Crippen LogP contribution in [0.3, 0.4) is 0 Å². The monoisotopic (exact) mass is 473 g/mol. The number of sulfonamides is 1. The number of pyridine rings is 1. The number of primary sulfonamides is 1. The second kappa shape index (κ2) is 9.00. The smallest absolute Gasteiger partial charge is 0.238 e. The van der Waals surface area contributed by atoms with Crippen molar-refractivity contribution in [1.29, 1.82) is 0 Å². The molecule has 0 amide bonds. The topological polar surface area (TPSA) is 76.3 Å². The van der Waals surface area contributed by atoms with Crippen LogP contribution in [0.5, 0.6) is 0 Å². The molecular formula is C27H24FN3O2S. The predicted octanol–water partition coefficient (Wildman–Crippen LogP) is 4.88. The van der Waals surface area contributed by atoms with Gasteiger partial charge in [-0.05, 0) is 29.8 Å². The Morgan fingerprint density at radius 1 is 0.912 bits per heavy atom. The van der Waals surface area contributed by atoms with Crippen LogP contribution >= 0.6 is 0 Å². The van der Waals surface area contributed by atoms with E-state index in [0.29, 0.717) is 19.5 Å². The van der Waals surface area contributed by atoms with Crippen molar-refractivity contribution in [2.45, 2.75) is 23.8 Å². The first-order valence-corrected chi connectivity index (χ1v) is 12.6. The van der Waals surface area contributed by atoms with E-state index in [1.54, 1.807) is 0 Å². The third-order valence-corrected chi connectivity index (χ3v) is 7.15. The first-order valence-electron chi connectivity index (χ1n) is 11.1. The van der Waals surface area contributed by atoms with Gasteiger partial charge in [0, 0.05) is 36.6 Å². The minimum absolute atomic E-state index is 0.126. The molecule has 0 unspecified atom stereocenters. The summed E-state index contributed by atoms with van der Waals surface area (Å²) >= 11 is 0. The Hall–Kier alpha value is -3.55. The van der Waals surface area contributed by atoms with Gasteiger partial charge in [-0.15, -0.1) is 0 Å². The quantitative estimate of drug-likeness (QED) is 0.448. The molecule has 3 aromatic carbocycles. The molecule has 2 heterocycles. The lowest BCUT2D eigenvalue weighted by Gasteiger charge is -2.36. The molecule has 0 radical (unpaired) electrons. The minimum Gasteiger partial charge on any atom is -0.365 e. The van der Waals surface area contributed by atoms with Crippen LogP contribution in [0.25, 0.3) is 11.3 Å². The second-order valence-corrected chi connectivity index (χ2v) is 10.0. The number of hydrogen-bond acceptors (Lipinski definition) is 4. The van der Waals surface area contributed by atoms with E-state index in [2.05, 4.69) is 4.90 Å². The Bertz CT molecular complexity index is 1430. The third kappa shape index (κ3) is 4.44. The van der Waals surface area contributed by atoms with Crippen molar-refractivity contribution in [2.75, 3.05) is 11.4 Å². The maximum Gasteiger partial charge on any atom is 0.238 e. The van der Waals surface area contributed by atoms with Gasteiger partial charge in [0.05, 0.1) is 22.0 Å². The molecule has 0 aliphatic carbocycles. The molecule has 0 spiro atoms. The van der Waals surface area contributed by atoms with Crippen molar-refractivity contribution in [1.82, 2.24) is 4.98 Å². The first kappa shape index (κ1) is 22.3. The van der Waals surface area contributed by atoms with Crippen molar-refractivity contribution in [3.63, 3.8) is 0 Å². The zero-order chi connectivity index (χ0) is 23.7. The summed E-state index contributed by atoms with van der Waals surface area (Å²) in [5, 5.41) is 5.46. The Labute approximate surface area is 198 Å². The fourth-order valence-corrected chi connectivity index (χ4v) is 5.51. The number of anilines is 1. The normalized spacial score (nSPS) is 15.7. The molecule has 0 bridgehead atoms. The highest BCUT2D eigenvalue weighted by Crippen LogP contribution is 2.38. The average Bonchev–Trinajstić information content (AvgIpc) is 2.84. The van der Waals surface area contributed by atoms with E-state index in [-0.39, 0.29) is 10.5 Å². The summed E-state index contributed by atoms with van der Waals surface area (Å²) in [6, 6.07) is 27.9. The van der Waals surface area contributed by atoms with E-state index in [1.165, 1.54) is 18.2 Å². The number of hydrogen-bond donors (Lipinski definition) is 1. The van der Waals surface area contributed by atoms with Crippen LogP contribution < -0.4 is 10.0 Å². The van der Waals surface area contributed by atoms with Crippen LogP contribution in [-0.4, -0.2) is 19.9 Å². The van der Waals surface area contributed by atoms with E-state index in [4.69, 9.17) is 10.1 Å². The Morgan fingerprint density at radius 3 is 2.32 bits per heavy atom. The van der Waals surface area contributed by atoms with Crippen molar-refractivity contribution in [3.8, 4) is 11.3 Å². The Balaban J connectivity index is 1.62. The molecular weight excluding hydrogens is 449 g/mol. The zero-order valence-electron chi connectivity index (χ0n) is 18.4. The summed E-state index contributed by atoms with van der Waals surface area (Å²) in [7, 11) is -4.09. The summed E-state index contributed by atoms with van der Waals surface area (Å²) in [6.45, 7) is 1.04. The van der Waals surface area contributed by atoms with Gasteiger partial charge in [0.2, 0.25) is 10.0 Å². The molecule has 5 nitrogen and oxygen atoms in total. The average molecular weight is 474 g/mol. The van der Waals surface area contributed by atoms with Crippen LogP contribution in [0.1, 0.15) is 22.7 Å². The van der Waals surface area contributed by atoms with Crippen LogP contribution in [0.15, 0.2) is 95.9 Å². The van der Waals surface area contributed by atoms with Crippen LogP contribution in [0.2, 0.25) is 0 Å². The van der Waals surface area contributed by atoms with E-state index in [9.17, 15) is 8.42 Å². The van der Waals surface area contributed by atoms with Gasteiger partial charge in [0.1, 0.15) is 5.82 Å². The molecule has 172 valence electrons. The standard InChI is InChI=1S/C27H24FN3O2S/c28-22-12-7-13-26(34(29,32)33)27(22)21-16-24-25(31(18-21)17-19-8-3-1-4-9-19)15-14-23(30-24)20-10-5-2-6-11-20/h1-15,21H,16-18H2,(H2,29,32,33)/t21-/m0/s1. The Morgan fingerprint density at radius 2 is 1.62 bits per heavy atom. The highest BCUT2D eigenvalue weighted by molar-refractivity contribution is 7.89. The van der Waals surface area contributed by atoms with E-state index < -0.39 is 21.8 Å². The second-order valence-electron chi connectivity index (χ2n) is 8.49. The highest BCUT2D eigenvalue weighted by atomic mass is 32.2. The summed E-state index contributed by atoms with van der Waals surface area (Å²) in [4.78, 5) is 6.90. The van der Waals surface area contributed by atoms with Crippen molar-refractivity contribution in [3.05, 3.63) is 114 Å². The van der Waals surface area contributed by atoms with Gasteiger partial charge in [-0.25, -0.2) is 17.9 Å². The third-order valence-electron chi connectivity index (χ3n) is 6.18. The summed E-state index contributed by atoms with van der Waals surface area (Å²) < 4.78 is 39.7. The van der Waals surface area contributed by atoms with Gasteiger partial charge in [-0.1, -0.05) is 66.7 Å². The predicted molar refractivity (Wildman–Crippen MR) is 131 cm³/mol. The summed E-state index contributed by atoms with van der Waals surface area (Å²) in [5.41, 5.74) is 4.80. The van der Waals surface area contributed by atoms with Gasteiger partial charge in [-0.3, -0.25) is 4.98 Å². The summed E-state index contributed by atoms with van der Waals surface area (Å²) in [5.74, 6) is -0.997. The van der Waals surface area contributed by atoms with Crippen LogP contribution in [0.4, 0.5) is 10.1 Å². The number of rotatable bonds is 5. The molecule has 4 aromatic rings. The van der Waals surface area contributed by atoms with Gasteiger partial charge in [0.25, 0.3) is 0 Å². The lowest BCUT2D eigenvalue weighted by atomic mass is 9.88. The lowest BCUT2D eigenvalue weighted by Crippen LogP contribution is -2.35. The Kier molecular flexibility index (Phi) is 5.89. The van der Waals surface area contributed by atoms with Crippen LogP contribution in [-0.2, 0) is 23.0 Å². The molecule has 0 saturated carbocycles. The number of benzene rings is 3. The van der Waals surface area contributed by atoms with Gasteiger partial charge in [0.15, 0.2) is 0 Å². The number of nitrogens with zero attached hydrogens (tertiary/aromatic N) is 2. The molecule has 7 heteroatoms. The highest BCUT2D eigenvalue weighted by Gasteiger charge is 2.32. The van der Waals surface area contributed by atoms with Gasteiger partial charge >= 0.3 is 0 Å². The molecule has 0 saturated heterocycles. The lowest BCUT2D eigenvalue weighted by molar-refractivity contribution is 0.530. The van der Waals surface area contributed by atoms with Crippen molar-refractivity contribution >= 4 is 15.7 Å². The fraction of sp³-hybridized carbons (Fsp3) is 0.148. The molecule has 1 aliphatic rings. The molecule has 5 rings (SSSR count). The number of fused-ring (bicyclic) bond motifs is 1. The molecule has 1 aliphatic heterocycles. The van der Waals surface area contributed by atoms with E-state index >= 15 is 4.39 Å². The van der Waals surface area contributed by atoms with Gasteiger partial charge < -0.3 is 4.90 Å². The maximum absolute atomic E-state index is 15.1. The SMILES string of the molecule is NS(=O)(=O)c1cccc(F)c1[C@H]1Cc2nc(-c3ccccc3)ccc2N(Cc2ccccc2)C1. The number of aromatic nitrogens is 1. The van der Waals surface area contributed by atoms with Crippen molar-refractivity contribution in [2.24, 2.45) is 5.14 Å². The molecule has 2 N–H and O–H groups in total. The minimum atomic E-state index is -4.09. The molecule has 0 fully saturated rings. The molecule has 1 aromatic heterocycles. The molecule has 34 heavy (non-hydrogen) atoms. The number of halogens is 1.